The van der Waals surface area contributed by atoms with Crippen LogP contribution >= 0.6 is 11.8 Å². The highest BCUT2D eigenvalue weighted by atomic mass is 32.2. The highest BCUT2D eigenvalue weighted by Gasteiger charge is 2.52. The smallest absolute Gasteiger partial charge is 0.320 e. The summed E-state index contributed by atoms with van der Waals surface area (Å²) in [5, 5.41) is 30.8. The molecule has 3 heterocycles. The molecule has 0 bridgehead atoms. The molecule has 1 fully saturated rings. The van der Waals surface area contributed by atoms with Gasteiger partial charge >= 0.3 is 5.97 Å². The van der Waals surface area contributed by atoms with Crippen molar-refractivity contribution < 1.29 is 24.9 Å². The van der Waals surface area contributed by atoms with Crippen molar-refractivity contribution in [2.45, 2.75) is 43.4 Å². The van der Waals surface area contributed by atoms with E-state index >= 15 is 0 Å². The summed E-state index contributed by atoms with van der Waals surface area (Å²) < 4.78 is 7.55. The van der Waals surface area contributed by atoms with Gasteiger partial charge < -0.3 is 36.1 Å². The highest BCUT2D eigenvalue weighted by molar-refractivity contribution is 7.99. The first-order valence-electron chi connectivity index (χ1n) is 8.42. The number of hydrogen-bond donors (Lipinski definition) is 5. The van der Waals surface area contributed by atoms with E-state index in [1.165, 1.54) is 25.0 Å². The molecule has 0 saturated carbocycles. The zero-order valence-electron chi connectivity index (χ0n) is 14.7. The number of carboxylic acids is 1. The third kappa shape index (κ3) is 3.73. The average molecular weight is 397 g/mol. The van der Waals surface area contributed by atoms with Gasteiger partial charge in [-0.15, -0.1) is 0 Å². The summed E-state index contributed by atoms with van der Waals surface area (Å²) in [6.07, 6.45) is 0.641. The summed E-state index contributed by atoms with van der Waals surface area (Å²) in [5.74, 6) is 0.152. The molecule has 0 radical (unpaired) electrons. The summed E-state index contributed by atoms with van der Waals surface area (Å²) in [7, 11) is 0. The van der Waals surface area contributed by atoms with E-state index in [0.717, 1.165) is 0 Å². The SMILES string of the molecule is C[C@@]1(O)[C@@H](CSCC[C@H](N)C(=O)O)OC(n2ccc3c(N)ncnc32)[C@@H]1O. The van der Waals surface area contributed by atoms with Gasteiger partial charge in [-0.2, -0.15) is 11.8 Å². The summed E-state index contributed by atoms with van der Waals surface area (Å²) in [5.41, 5.74) is 10.3. The van der Waals surface area contributed by atoms with Gasteiger partial charge in [0.05, 0.1) is 5.39 Å². The molecule has 1 unspecified atom stereocenters. The van der Waals surface area contributed by atoms with Crippen LogP contribution in [0.2, 0.25) is 0 Å². The normalized spacial score (nSPS) is 29.3. The molecule has 1 aliphatic rings. The van der Waals surface area contributed by atoms with Gasteiger partial charge in [-0.25, -0.2) is 9.97 Å². The third-order valence-corrected chi connectivity index (χ3v) is 5.86. The maximum absolute atomic E-state index is 10.7. The number of aliphatic hydroxyl groups is 2. The number of fused-ring (bicyclic) bond motifs is 1. The number of aliphatic carboxylic acids is 1. The van der Waals surface area contributed by atoms with Crippen LogP contribution in [0.25, 0.3) is 11.0 Å². The van der Waals surface area contributed by atoms with Crippen LogP contribution in [-0.4, -0.2) is 71.2 Å². The van der Waals surface area contributed by atoms with Crippen molar-refractivity contribution in [3.05, 3.63) is 18.6 Å². The molecule has 0 amide bonds. The maximum atomic E-state index is 10.7. The zero-order valence-corrected chi connectivity index (χ0v) is 15.5. The zero-order chi connectivity index (χ0) is 19.8. The molecule has 27 heavy (non-hydrogen) atoms. The summed E-state index contributed by atoms with van der Waals surface area (Å²) in [6.45, 7) is 1.51. The van der Waals surface area contributed by atoms with E-state index in [1.807, 2.05) is 0 Å². The minimum Gasteiger partial charge on any atom is -0.480 e. The molecule has 10 nitrogen and oxygen atoms in total. The van der Waals surface area contributed by atoms with Crippen LogP contribution in [0.15, 0.2) is 18.6 Å². The number of nitrogens with two attached hydrogens (primary N) is 2. The third-order valence-electron chi connectivity index (χ3n) is 4.80. The molecule has 2 aromatic heterocycles. The molecule has 0 aromatic carbocycles. The lowest BCUT2D eigenvalue weighted by molar-refractivity contribution is -0.138. The summed E-state index contributed by atoms with van der Waals surface area (Å²) in [4.78, 5) is 18.9. The molecule has 1 aliphatic heterocycles. The van der Waals surface area contributed by atoms with Crippen molar-refractivity contribution in [2.75, 3.05) is 17.2 Å². The first-order chi connectivity index (χ1) is 12.7. The fourth-order valence-electron chi connectivity index (χ4n) is 3.01. The Kier molecular flexibility index (Phi) is 5.58. The van der Waals surface area contributed by atoms with Crippen LogP contribution in [0.5, 0.6) is 0 Å². The lowest BCUT2D eigenvalue weighted by atomic mass is 9.95. The Hall–Kier alpha value is -1.92. The topological polar surface area (TPSA) is 170 Å². The first-order valence-corrected chi connectivity index (χ1v) is 9.58. The van der Waals surface area contributed by atoms with E-state index in [0.29, 0.717) is 34.8 Å². The Labute approximate surface area is 159 Å². The first kappa shape index (κ1) is 19.8. The number of nitrogens with zero attached hydrogens (tertiary/aromatic N) is 3. The number of carboxylic acid groups (broad SMARTS) is 1. The number of rotatable bonds is 7. The molecule has 3 rings (SSSR count). The molecular formula is C16H23N5O5S. The fraction of sp³-hybridized carbons (Fsp3) is 0.562. The predicted molar refractivity (Wildman–Crippen MR) is 100 cm³/mol. The standard InChI is InChI=1S/C16H23N5O5S/c1-16(25)10(6-27-5-3-9(17)15(23)24)26-14(11(16)22)21-4-2-8-12(18)19-7-20-13(8)21/h2,4,7,9-11,14,22,25H,3,5-6,17H2,1H3,(H,23,24)(H2,18,19,20)/t9-,10+,11-,14?,16+/m0/s1. The van der Waals surface area contributed by atoms with Crippen molar-refractivity contribution in [3.63, 3.8) is 0 Å². The number of thioether (sulfide) groups is 1. The number of aliphatic hydroxyl groups excluding tert-OH is 1. The van der Waals surface area contributed by atoms with Crippen molar-refractivity contribution in [1.29, 1.82) is 0 Å². The van der Waals surface area contributed by atoms with E-state index in [9.17, 15) is 15.0 Å². The Morgan fingerprint density at radius 2 is 2.26 bits per heavy atom. The average Bonchev–Trinajstić information content (AvgIpc) is 3.13. The molecule has 0 spiro atoms. The van der Waals surface area contributed by atoms with Gasteiger partial charge in [-0.05, 0) is 25.2 Å². The van der Waals surface area contributed by atoms with E-state index in [4.69, 9.17) is 21.3 Å². The van der Waals surface area contributed by atoms with Crippen LogP contribution in [0.1, 0.15) is 19.6 Å². The monoisotopic (exact) mass is 397 g/mol. The van der Waals surface area contributed by atoms with Gasteiger partial charge in [0.2, 0.25) is 0 Å². The number of carbonyl (C=O) groups is 1. The number of aromatic nitrogens is 3. The van der Waals surface area contributed by atoms with Gasteiger partial charge in [0.1, 0.15) is 41.6 Å². The summed E-state index contributed by atoms with van der Waals surface area (Å²) in [6, 6.07) is 0.808. The van der Waals surface area contributed by atoms with E-state index < -0.39 is 36.0 Å². The van der Waals surface area contributed by atoms with Gasteiger partial charge in [0.25, 0.3) is 0 Å². The molecular weight excluding hydrogens is 374 g/mol. The van der Waals surface area contributed by atoms with Gasteiger partial charge in [-0.3, -0.25) is 4.79 Å². The highest BCUT2D eigenvalue weighted by Crippen LogP contribution is 2.40. The van der Waals surface area contributed by atoms with Crippen LogP contribution < -0.4 is 11.5 Å². The number of hydrogen-bond acceptors (Lipinski definition) is 9. The lowest BCUT2D eigenvalue weighted by Gasteiger charge is -2.26. The second kappa shape index (κ2) is 7.60. The molecule has 2 aromatic rings. The molecule has 148 valence electrons. The van der Waals surface area contributed by atoms with Gasteiger partial charge in [-0.1, -0.05) is 0 Å². The van der Waals surface area contributed by atoms with E-state index in [1.54, 1.807) is 16.8 Å². The van der Waals surface area contributed by atoms with Crippen molar-refractivity contribution in [1.82, 2.24) is 14.5 Å². The van der Waals surface area contributed by atoms with Crippen LogP contribution in [0.4, 0.5) is 5.82 Å². The van der Waals surface area contributed by atoms with Gasteiger partial charge in [0.15, 0.2) is 6.23 Å². The number of anilines is 1. The summed E-state index contributed by atoms with van der Waals surface area (Å²) >= 11 is 1.41. The van der Waals surface area contributed by atoms with E-state index in [2.05, 4.69) is 9.97 Å². The predicted octanol–water partition coefficient (Wildman–Crippen LogP) is -0.442. The molecule has 1 saturated heterocycles. The van der Waals surface area contributed by atoms with Crippen molar-refractivity contribution in [2.24, 2.45) is 5.73 Å². The van der Waals surface area contributed by atoms with Crippen LogP contribution in [-0.2, 0) is 9.53 Å². The Morgan fingerprint density at radius 1 is 1.52 bits per heavy atom. The minimum absolute atomic E-state index is 0.305. The minimum atomic E-state index is -1.48. The maximum Gasteiger partial charge on any atom is 0.320 e. The largest absolute Gasteiger partial charge is 0.480 e. The van der Waals surface area contributed by atoms with Crippen LogP contribution in [0, 0.1) is 0 Å². The van der Waals surface area contributed by atoms with E-state index in [-0.39, 0.29) is 0 Å². The Balaban J connectivity index is 1.70. The fourth-order valence-corrected chi connectivity index (χ4v) is 4.22. The molecule has 11 heteroatoms. The number of nitrogen functional groups attached to an aromatic ring is 1. The molecule has 0 aliphatic carbocycles. The second-order valence-electron chi connectivity index (χ2n) is 6.71. The van der Waals surface area contributed by atoms with Crippen molar-refractivity contribution >= 4 is 34.6 Å². The van der Waals surface area contributed by atoms with Gasteiger partial charge in [0, 0.05) is 11.9 Å². The Bertz CT molecular complexity index is 829. The molecule has 7 N–H and O–H groups in total. The lowest BCUT2D eigenvalue weighted by Crippen LogP contribution is -2.45. The molecule has 5 atom stereocenters. The quantitative estimate of drug-likeness (QED) is 0.386. The second-order valence-corrected chi connectivity index (χ2v) is 7.86. The Morgan fingerprint density at radius 3 is 2.96 bits per heavy atom. The number of ether oxygens (including phenoxy) is 1. The van der Waals surface area contributed by atoms with Crippen molar-refractivity contribution in [3.8, 4) is 0 Å². The van der Waals surface area contributed by atoms with Crippen LogP contribution in [0.3, 0.4) is 0 Å².